The van der Waals surface area contributed by atoms with Crippen LogP contribution in [0, 0.1) is 11.8 Å². The van der Waals surface area contributed by atoms with Crippen molar-refractivity contribution in [1.82, 2.24) is 9.80 Å². The largest absolute Gasteiger partial charge is 0.342 e. The fourth-order valence-electron chi connectivity index (χ4n) is 3.79. The molecule has 0 aromatic heterocycles. The van der Waals surface area contributed by atoms with E-state index in [4.69, 9.17) is 0 Å². The minimum absolute atomic E-state index is 0.0340. The third kappa shape index (κ3) is 4.29. The lowest BCUT2D eigenvalue weighted by molar-refractivity contribution is -0.143. The monoisotopic (exact) mass is 358 g/mol. The Hall–Kier alpha value is -1.11. The van der Waals surface area contributed by atoms with Crippen LogP contribution >= 0.6 is 0 Å². The molecule has 24 heavy (non-hydrogen) atoms. The first-order valence-electron chi connectivity index (χ1n) is 9.05. The van der Waals surface area contributed by atoms with E-state index >= 15 is 0 Å². The lowest BCUT2D eigenvalue weighted by Crippen LogP contribution is -2.47. The van der Waals surface area contributed by atoms with E-state index in [1.54, 1.807) is 11.9 Å². The Labute approximate surface area is 145 Å². The van der Waals surface area contributed by atoms with Gasteiger partial charge < -0.3 is 9.80 Å². The Bertz CT molecular complexity index is 563. The summed E-state index contributed by atoms with van der Waals surface area (Å²) in [6, 6.07) is -0.188. The van der Waals surface area contributed by atoms with Gasteiger partial charge in [-0.25, -0.2) is 8.42 Å². The Morgan fingerprint density at radius 2 is 1.71 bits per heavy atom. The first-order chi connectivity index (χ1) is 11.3. The van der Waals surface area contributed by atoms with Crippen molar-refractivity contribution in [2.45, 2.75) is 52.0 Å². The molecule has 2 heterocycles. The first-order valence-corrected chi connectivity index (χ1v) is 10.9. The molecule has 2 aliphatic rings. The summed E-state index contributed by atoms with van der Waals surface area (Å²) in [4.78, 5) is 28.6. The van der Waals surface area contributed by atoms with E-state index < -0.39 is 9.84 Å². The van der Waals surface area contributed by atoms with E-state index in [2.05, 4.69) is 0 Å². The average Bonchev–Trinajstić information content (AvgIpc) is 2.94. The van der Waals surface area contributed by atoms with Crippen LogP contribution in [0.25, 0.3) is 0 Å². The summed E-state index contributed by atoms with van der Waals surface area (Å²) in [6.45, 7) is 5.32. The fourth-order valence-corrected chi connectivity index (χ4v) is 5.57. The lowest BCUT2D eigenvalue weighted by atomic mass is 9.93. The Balaban J connectivity index is 1.87. The maximum absolute atomic E-state index is 12.6. The van der Waals surface area contributed by atoms with Gasteiger partial charge in [0.25, 0.3) is 0 Å². The lowest BCUT2D eigenvalue weighted by Gasteiger charge is -2.36. The molecule has 0 aromatic carbocycles. The zero-order chi connectivity index (χ0) is 17.9. The molecule has 2 amide bonds. The van der Waals surface area contributed by atoms with E-state index in [1.807, 2.05) is 18.7 Å². The van der Waals surface area contributed by atoms with Gasteiger partial charge in [-0.05, 0) is 32.1 Å². The topological polar surface area (TPSA) is 74.8 Å². The fraction of sp³-hybridized carbons (Fsp3) is 0.882. The van der Waals surface area contributed by atoms with Crippen molar-refractivity contribution in [1.29, 1.82) is 0 Å². The predicted molar refractivity (Wildman–Crippen MR) is 93.2 cm³/mol. The molecule has 2 rings (SSSR count). The summed E-state index contributed by atoms with van der Waals surface area (Å²) in [7, 11) is -1.27. The number of piperidine rings is 1. The van der Waals surface area contributed by atoms with Crippen LogP contribution in [0.2, 0.25) is 0 Å². The highest BCUT2D eigenvalue weighted by molar-refractivity contribution is 7.91. The van der Waals surface area contributed by atoms with Crippen molar-refractivity contribution >= 4 is 21.7 Å². The first kappa shape index (κ1) is 19.2. The zero-order valence-corrected chi connectivity index (χ0v) is 15.8. The van der Waals surface area contributed by atoms with Crippen molar-refractivity contribution in [3.8, 4) is 0 Å². The molecule has 0 radical (unpaired) electrons. The van der Waals surface area contributed by atoms with Crippen LogP contribution in [0.1, 0.15) is 46.0 Å². The van der Waals surface area contributed by atoms with E-state index in [9.17, 15) is 18.0 Å². The van der Waals surface area contributed by atoms with Crippen LogP contribution in [0.5, 0.6) is 0 Å². The summed E-state index contributed by atoms with van der Waals surface area (Å²) in [5, 5.41) is 0. The van der Waals surface area contributed by atoms with Gasteiger partial charge in [0.2, 0.25) is 11.8 Å². The summed E-state index contributed by atoms with van der Waals surface area (Å²) >= 11 is 0. The predicted octanol–water partition coefficient (Wildman–Crippen LogP) is 1.31. The van der Waals surface area contributed by atoms with Gasteiger partial charge in [0, 0.05) is 38.0 Å². The molecule has 138 valence electrons. The maximum atomic E-state index is 12.6. The second-order valence-corrected chi connectivity index (χ2v) is 9.35. The van der Waals surface area contributed by atoms with E-state index in [-0.39, 0.29) is 41.2 Å². The van der Waals surface area contributed by atoms with E-state index in [0.717, 1.165) is 12.8 Å². The number of sulfone groups is 1. The van der Waals surface area contributed by atoms with Gasteiger partial charge in [0.15, 0.2) is 9.84 Å². The van der Waals surface area contributed by atoms with Gasteiger partial charge >= 0.3 is 0 Å². The second kappa shape index (κ2) is 7.85. The molecule has 1 unspecified atom stereocenters. The van der Waals surface area contributed by atoms with Crippen molar-refractivity contribution in [2.75, 3.05) is 31.6 Å². The molecular formula is C17H30N2O4S. The van der Waals surface area contributed by atoms with Crippen LogP contribution < -0.4 is 0 Å². The minimum Gasteiger partial charge on any atom is -0.342 e. The molecule has 0 aliphatic carbocycles. The summed E-state index contributed by atoms with van der Waals surface area (Å²) in [5.41, 5.74) is 0. The van der Waals surface area contributed by atoms with Gasteiger partial charge in [-0.1, -0.05) is 13.8 Å². The quantitative estimate of drug-likeness (QED) is 0.742. The van der Waals surface area contributed by atoms with Crippen LogP contribution in [-0.2, 0) is 19.4 Å². The third-order valence-electron chi connectivity index (χ3n) is 5.59. The maximum Gasteiger partial charge on any atom is 0.225 e. The second-order valence-electron chi connectivity index (χ2n) is 7.12. The highest BCUT2D eigenvalue weighted by atomic mass is 32.2. The molecule has 2 fully saturated rings. The average molecular weight is 359 g/mol. The normalized spacial score (nSPS) is 24.3. The smallest absolute Gasteiger partial charge is 0.225 e. The molecule has 2 saturated heterocycles. The van der Waals surface area contributed by atoms with Crippen LogP contribution in [0.15, 0.2) is 0 Å². The zero-order valence-electron chi connectivity index (χ0n) is 15.0. The molecule has 0 spiro atoms. The molecule has 6 nitrogen and oxygen atoms in total. The number of hydrogen-bond donors (Lipinski definition) is 0. The van der Waals surface area contributed by atoms with Gasteiger partial charge in [0.05, 0.1) is 11.5 Å². The SMILES string of the molecule is CCC(CC)C(=O)N1CCC(C(=O)N(C)C2CCS(=O)(=O)C2)CC1. The van der Waals surface area contributed by atoms with Gasteiger partial charge in [-0.2, -0.15) is 0 Å². The molecule has 0 bridgehead atoms. The number of rotatable bonds is 5. The van der Waals surface area contributed by atoms with Crippen LogP contribution in [-0.4, -0.2) is 67.7 Å². The number of carbonyl (C=O) groups excluding carboxylic acids is 2. The number of amides is 2. The van der Waals surface area contributed by atoms with Crippen LogP contribution in [0.4, 0.5) is 0 Å². The number of nitrogens with zero attached hydrogens (tertiary/aromatic N) is 2. The molecule has 0 saturated carbocycles. The number of likely N-dealkylation sites (tertiary alicyclic amines) is 1. The highest BCUT2D eigenvalue weighted by Crippen LogP contribution is 2.25. The molecule has 2 aliphatic heterocycles. The van der Waals surface area contributed by atoms with Gasteiger partial charge in [-0.15, -0.1) is 0 Å². The minimum atomic E-state index is -2.99. The Morgan fingerprint density at radius 3 is 2.17 bits per heavy atom. The van der Waals surface area contributed by atoms with Crippen molar-refractivity contribution < 1.29 is 18.0 Å². The van der Waals surface area contributed by atoms with Crippen LogP contribution in [0.3, 0.4) is 0 Å². The molecule has 7 heteroatoms. The summed E-state index contributed by atoms with van der Waals surface area (Å²) in [5.74, 6) is 0.499. The summed E-state index contributed by atoms with van der Waals surface area (Å²) < 4.78 is 23.2. The molecule has 0 N–H and O–H groups in total. The molecule has 1 atom stereocenters. The highest BCUT2D eigenvalue weighted by Gasteiger charge is 2.36. The summed E-state index contributed by atoms with van der Waals surface area (Å²) in [6.07, 6.45) is 3.60. The number of hydrogen-bond acceptors (Lipinski definition) is 4. The number of carbonyl (C=O) groups is 2. The van der Waals surface area contributed by atoms with Gasteiger partial charge in [0.1, 0.15) is 0 Å². The van der Waals surface area contributed by atoms with E-state index in [1.165, 1.54) is 0 Å². The Kier molecular flexibility index (Phi) is 6.28. The van der Waals surface area contributed by atoms with E-state index in [0.29, 0.717) is 32.4 Å². The van der Waals surface area contributed by atoms with Crippen molar-refractivity contribution in [2.24, 2.45) is 11.8 Å². The molecular weight excluding hydrogens is 328 g/mol. The Morgan fingerprint density at radius 1 is 1.12 bits per heavy atom. The third-order valence-corrected chi connectivity index (χ3v) is 7.34. The van der Waals surface area contributed by atoms with Gasteiger partial charge in [-0.3, -0.25) is 9.59 Å². The standard InChI is InChI=1S/C17H30N2O4S/c1-4-13(5-2)17(21)19-9-6-14(7-10-19)16(20)18(3)15-8-11-24(22,23)12-15/h13-15H,4-12H2,1-3H3. The van der Waals surface area contributed by atoms with Crippen molar-refractivity contribution in [3.63, 3.8) is 0 Å². The van der Waals surface area contributed by atoms with Crippen molar-refractivity contribution in [3.05, 3.63) is 0 Å². The molecule has 0 aromatic rings.